The number of aromatic nitrogens is 1. The van der Waals surface area contributed by atoms with Crippen LogP contribution in [0.3, 0.4) is 0 Å². The molecule has 1 aliphatic carbocycles. The Hall–Kier alpha value is -2.06. The zero-order valence-electron chi connectivity index (χ0n) is 13.3. The molecule has 25 heavy (non-hydrogen) atoms. The van der Waals surface area contributed by atoms with Gasteiger partial charge in [-0.1, -0.05) is 6.07 Å². The van der Waals surface area contributed by atoms with Crippen LogP contribution in [0.2, 0.25) is 0 Å². The molecule has 2 fully saturated rings. The van der Waals surface area contributed by atoms with Crippen LogP contribution >= 0.6 is 11.3 Å². The predicted octanol–water partition coefficient (Wildman–Crippen LogP) is 2.89. The van der Waals surface area contributed by atoms with Gasteiger partial charge in [0.15, 0.2) is 0 Å². The second kappa shape index (κ2) is 6.68. The Balaban J connectivity index is 1.49. The van der Waals surface area contributed by atoms with Crippen molar-refractivity contribution in [2.75, 3.05) is 19.6 Å². The molecular weight excluding hydrogens is 348 g/mol. The Bertz CT molecular complexity index is 761. The summed E-state index contributed by atoms with van der Waals surface area (Å²) in [7, 11) is 0. The molecule has 132 valence electrons. The number of nitrogens with zero attached hydrogens (tertiary/aromatic N) is 2. The quantitative estimate of drug-likeness (QED) is 0.885. The number of hydrogen-bond acceptors (Lipinski definition) is 5. The van der Waals surface area contributed by atoms with Crippen molar-refractivity contribution in [1.82, 2.24) is 15.2 Å². The standard InChI is InChI=1S/C17H17F2N3O2S/c18-11-2-1-10(15(19)3-11)6-22(7-14-12-4-20-5-13(12)14)17(23)24-16-8-25-9-21-16/h1-3,8-9,12-14,20H,4-7H2. The maximum absolute atomic E-state index is 14.0. The van der Waals surface area contributed by atoms with Crippen molar-refractivity contribution in [3.63, 3.8) is 0 Å². The van der Waals surface area contributed by atoms with Crippen LogP contribution in [-0.2, 0) is 6.54 Å². The molecule has 5 nitrogen and oxygen atoms in total. The van der Waals surface area contributed by atoms with Crippen molar-refractivity contribution < 1.29 is 18.3 Å². The van der Waals surface area contributed by atoms with E-state index in [1.165, 1.54) is 28.4 Å². The first-order chi connectivity index (χ1) is 12.1. The average molecular weight is 365 g/mol. The first-order valence-corrected chi connectivity index (χ1v) is 9.05. The van der Waals surface area contributed by atoms with Gasteiger partial charge in [0, 0.05) is 18.2 Å². The minimum atomic E-state index is -0.663. The summed E-state index contributed by atoms with van der Waals surface area (Å²) in [6.45, 7) is 2.44. The van der Waals surface area contributed by atoms with Gasteiger partial charge in [-0.2, -0.15) is 0 Å². The lowest BCUT2D eigenvalue weighted by molar-refractivity contribution is 0.143. The topological polar surface area (TPSA) is 54.5 Å². The van der Waals surface area contributed by atoms with E-state index >= 15 is 0 Å². The molecule has 1 aromatic heterocycles. The van der Waals surface area contributed by atoms with Crippen molar-refractivity contribution in [3.8, 4) is 5.88 Å². The number of benzene rings is 1. The zero-order valence-corrected chi connectivity index (χ0v) is 14.1. The molecule has 2 unspecified atom stereocenters. The van der Waals surface area contributed by atoms with Crippen molar-refractivity contribution in [2.45, 2.75) is 6.54 Å². The van der Waals surface area contributed by atoms with E-state index in [0.29, 0.717) is 24.3 Å². The van der Waals surface area contributed by atoms with Gasteiger partial charge < -0.3 is 15.0 Å². The van der Waals surface area contributed by atoms with Gasteiger partial charge in [0.1, 0.15) is 11.6 Å². The maximum Gasteiger partial charge on any atom is 0.416 e. The number of hydrogen-bond donors (Lipinski definition) is 1. The van der Waals surface area contributed by atoms with Crippen LogP contribution in [0.15, 0.2) is 29.1 Å². The summed E-state index contributed by atoms with van der Waals surface area (Å²) in [5, 5.41) is 4.94. The highest BCUT2D eigenvalue weighted by Gasteiger charge is 2.53. The van der Waals surface area contributed by atoms with Gasteiger partial charge in [0.2, 0.25) is 5.88 Å². The second-order valence-corrected chi connectivity index (χ2v) is 7.18. The van der Waals surface area contributed by atoms with E-state index in [1.54, 1.807) is 10.9 Å². The largest absolute Gasteiger partial charge is 0.416 e. The van der Waals surface area contributed by atoms with E-state index in [9.17, 15) is 13.6 Å². The molecule has 1 aromatic carbocycles. The molecule has 2 aromatic rings. The van der Waals surface area contributed by atoms with Crippen LogP contribution in [0.5, 0.6) is 5.88 Å². The number of carbonyl (C=O) groups excluding carboxylic acids is 1. The summed E-state index contributed by atoms with van der Waals surface area (Å²) < 4.78 is 32.4. The van der Waals surface area contributed by atoms with Crippen molar-refractivity contribution in [1.29, 1.82) is 0 Å². The molecule has 1 N–H and O–H groups in total. The van der Waals surface area contributed by atoms with Gasteiger partial charge in [0.05, 0.1) is 17.4 Å². The SMILES string of the molecule is O=C(Oc1cscn1)N(Cc1ccc(F)cc1F)CC1C2CNCC21. The number of fused-ring (bicyclic) bond motifs is 1. The average Bonchev–Trinajstić information content (AvgIpc) is 3.01. The number of rotatable bonds is 5. The van der Waals surface area contributed by atoms with Gasteiger partial charge in [0.25, 0.3) is 0 Å². The van der Waals surface area contributed by atoms with E-state index in [0.717, 1.165) is 19.2 Å². The summed E-state index contributed by atoms with van der Waals surface area (Å²) in [5.41, 5.74) is 1.84. The summed E-state index contributed by atoms with van der Waals surface area (Å²) in [6.07, 6.45) is -0.562. The van der Waals surface area contributed by atoms with Crippen LogP contribution in [0.1, 0.15) is 5.56 Å². The Labute approximate surface area is 147 Å². The normalized spacial score (nSPS) is 24.0. The molecule has 2 heterocycles. The molecule has 8 heteroatoms. The minimum Gasteiger partial charge on any atom is -0.390 e. The fourth-order valence-electron chi connectivity index (χ4n) is 3.54. The Kier molecular flexibility index (Phi) is 4.39. The Morgan fingerprint density at radius 3 is 2.84 bits per heavy atom. The third-order valence-corrected chi connectivity index (χ3v) is 5.50. The molecule has 0 bridgehead atoms. The first-order valence-electron chi connectivity index (χ1n) is 8.11. The summed E-state index contributed by atoms with van der Waals surface area (Å²) in [6, 6.07) is 3.39. The molecule has 1 aliphatic heterocycles. The molecular formula is C17H17F2N3O2S. The Morgan fingerprint density at radius 2 is 2.16 bits per heavy atom. The number of nitrogens with one attached hydrogen (secondary N) is 1. The lowest BCUT2D eigenvalue weighted by atomic mass is 10.2. The van der Waals surface area contributed by atoms with Gasteiger partial charge in [-0.3, -0.25) is 0 Å². The molecule has 1 amide bonds. The molecule has 2 aliphatic rings. The third-order valence-electron chi connectivity index (χ3n) is 4.94. The molecule has 0 spiro atoms. The molecule has 1 saturated carbocycles. The fourth-order valence-corrected chi connectivity index (χ4v) is 3.99. The van der Waals surface area contributed by atoms with E-state index in [-0.39, 0.29) is 18.0 Å². The maximum atomic E-state index is 14.0. The van der Waals surface area contributed by atoms with Crippen LogP contribution in [0, 0.1) is 29.4 Å². The number of halogens is 2. The number of ether oxygens (including phenoxy) is 1. The number of amides is 1. The van der Waals surface area contributed by atoms with Crippen LogP contribution in [0.4, 0.5) is 13.6 Å². The number of piperidine rings is 1. The second-order valence-electron chi connectivity index (χ2n) is 6.46. The predicted molar refractivity (Wildman–Crippen MR) is 88.2 cm³/mol. The fraction of sp³-hybridized carbons (Fsp3) is 0.412. The van der Waals surface area contributed by atoms with Crippen LogP contribution < -0.4 is 10.1 Å². The smallest absolute Gasteiger partial charge is 0.390 e. The summed E-state index contributed by atoms with van der Waals surface area (Å²) >= 11 is 1.32. The lowest BCUT2D eigenvalue weighted by Gasteiger charge is -2.23. The Morgan fingerprint density at radius 1 is 1.36 bits per heavy atom. The number of carbonyl (C=O) groups is 1. The van der Waals surface area contributed by atoms with E-state index in [2.05, 4.69) is 10.3 Å². The lowest BCUT2D eigenvalue weighted by Crippen LogP contribution is -2.36. The highest BCUT2D eigenvalue weighted by molar-refractivity contribution is 7.07. The van der Waals surface area contributed by atoms with E-state index < -0.39 is 17.7 Å². The van der Waals surface area contributed by atoms with Crippen molar-refractivity contribution in [3.05, 3.63) is 46.3 Å². The highest BCUT2D eigenvalue weighted by atomic mass is 32.1. The van der Waals surface area contributed by atoms with E-state index in [4.69, 9.17) is 4.74 Å². The summed E-state index contributed by atoms with van der Waals surface area (Å²) in [5.74, 6) is 0.454. The first kappa shape index (κ1) is 16.4. The highest BCUT2D eigenvalue weighted by Crippen LogP contribution is 2.49. The van der Waals surface area contributed by atoms with E-state index in [1.807, 2.05) is 0 Å². The van der Waals surface area contributed by atoms with Crippen molar-refractivity contribution >= 4 is 17.4 Å². The number of thiazole rings is 1. The minimum absolute atomic E-state index is 0.0401. The third kappa shape index (κ3) is 3.50. The molecule has 2 atom stereocenters. The van der Waals surface area contributed by atoms with Gasteiger partial charge in [-0.15, -0.1) is 11.3 Å². The van der Waals surface area contributed by atoms with Gasteiger partial charge >= 0.3 is 6.09 Å². The zero-order chi connectivity index (χ0) is 17.4. The van der Waals surface area contributed by atoms with Crippen molar-refractivity contribution in [2.24, 2.45) is 17.8 Å². The van der Waals surface area contributed by atoms with Crippen LogP contribution in [-0.4, -0.2) is 35.6 Å². The van der Waals surface area contributed by atoms with Gasteiger partial charge in [-0.25, -0.2) is 18.6 Å². The summed E-state index contributed by atoms with van der Waals surface area (Å²) in [4.78, 5) is 18.0. The van der Waals surface area contributed by atoms with Gasteiger partial charge in [-0.05, 0) is 36.9 Å². The van der Waals surface area contributed by atoms with Crippen LogP contribution in [0.25, 0.3) is 0 Å². The molecule has 4 rings (SSSR count). The molecule has 1 saturated heterocycles. The molecule has 0 radical (unpaired) electrons. The monoisotopic (exact) mass is 365 g/mol.